The molecule has 2 N–H and O–H groups in total. The zero-order chi connectivity index (χ0) is 26.6. The third-order valence-electron chi connectivity index (χ3n) is 6.37. The Morgan fingerprint density at radius 1 is 0.757 bits per heavy atom. The molecule has 188 valence electrons. The predicted molar refractivity (Wildman–Crippen MR) is 144 cm³/mol. The fourth-order valence-electron chi connectivity index (χ4n) is 4.13. The summed E-state index contributed by atoms with van der Waals surface area (Å²) in [5.41, 5.74) is 3.49. The Bertz CT molecular complexity index is 1420. The van der Waals surface area contributed by atoms with Crippen molar-refractivity contribution >= 4 is 17.6 Å². The first-order valence-corrected chi connectivity index (χ1v) is 11.9. The molecule has 4 rings (SSSR count). The molecule has 6 nitrogen and oxygen atoms in total. The van der Waals surface area contributed by atoms with Gasteiger partial charge in [0.1, 0.15) is 17.2 Å². The van der Waals surface area contributed by atoms with E-state index in [-0.39, 0.29) is 16.5 Å². The Balaban J connectivity index is 1.55. The molecular formula is C31H29NO5. The molecule has 0 atom stereocenters. The molecule has 0 saturated carbocycles. The molecule has 0 unspecified atom stereocenters. The summed E-state index contributed by atoms with van der Waals surface area (Å²) >= 11 is 0. The van der Waals surface area contributed by atoms with Crippen LogP contribution in [-0.4, -0.2) is 24.1 Å². The van der Waals surface area contributed by atoms with Gasteiger partial charge in [-0.25, -0.2) is 4.79 Å². The molecule has 0 bridgehead atoms. The van der Waals surface area contributed by atoms with Crippen LogP contribution in [0, 0.1) is 6.92 Å². The van der Waals surface area contributed by atoms with Crippen molar-refractivity contribution in [2.45, 2.75) is 26.2 Å². The number of aryl methyl sites for hydroxylation is 1. The Kier molecular flexibility index (Phi) is 7.30. The molecule has 0 aromatic heterocycles. The molecule has 0 heterocycles. The van der Waals surface area contributed by atoms with Crippen LogP contribution in [0.2, 0.25) is 0 Å². The first-order chi connectivity index (χ1) is 17.7. The Morgan fingerprint density at radius 2 is 1.35 bits per heavy atom. The van der Waals surface area contributed by atoms with Crippen molar-refractivity contribution in [2.75, 3.05) is 12.4 Å². The summed E-state index contributed by atoms with van der Waals surface area (Å²) in [5, 5.41) is 12.4. The summed E-state index contributed by atoms with van der Waals surface area (Å²) in [6.07, 6.45) is 0. The highest BCUT2D eigenvalue weighted by molar-refractivity contribution is 6.11. The van der Waals surface area contributed by atoms with Gasteiger partial charge in [0.05, 0.1) is 18.2 Å². The maximum atomic E-state index is 12.9. The second kappa shape index (κ2) is 10.6. The van der Waals surface area contributed by atoms with Crippen LogP contribution in [0.1, 0.15) is 51.3 Å². The maximum absolute atomic E-state index is 12.9. The van der Waals surface area contributed by atoms with E-state index in [4.69, 9.17) is 9.47 Å². The number of nitrogens with one attached hydrogen (secondary N) is 1. The molecular weight excluding hydrogens is 466 g/mol. The number of carbonyl (C=O) groups excluding carboxylic acids is 1. The van der Waals surface area contributed by atoms with E-state index in [9.17, 15) is 14.7 Å². The van der Waals surface area contributed by atoms with Crippen molar-refractivity contribution in [1.82, 2.24) is 0 Å². The summed E-state index contributed by atoms with van der Waals surface area (Å²) in [6.45, 7) is 6.21. The van der Waals surface area contributed by atoms with Gasteiger partial charge in [0.25, 0.3) is 5.91 Å². The molecule has 4 aromatic carbocycles. The van der Waals surface area contributed by atoms with E-state index in [1.165, 1.54) is 12.1 Å². The second-order valence-corrected chi connectivity index (χ2v) is 9.32. The molecule has 37 heavy (non-hydrogen) atoms. The summed E-state index contributed by atoms with van der Waals surface area (Å²) < 4.78 is 11.3. The third kappa shape index (κ3) is 5.81. The van der Waals surface area contributed by atoms with Crippen molar-refractivity contribution in [3.05, 3.63) is 119 Å². The number of hydrogen-bond acceptors (Lipinski definition) is 4. The van der Waals surface area contributed by atoms with Crippen LogP contribution in [-0.2, 0) is 5.41 Å². The van der Waals surface area contributed by atoms with Crippen molar-refractivity contribution in [1.29, 1.82) is 0 Å². The normalized spacial score (nSPS) is 11.0. The fraction of sp³-hybridized carbons (Fsp3) is 0.161. The molecule has 0 aliphatic heterocycles. The zero-order valence-electron chi connectivity index (χ0n) is 21.2. The minimum Gasteiger partial charge on any atom is -0.497 e. The highest BCUT2D eigenvalue weighted by Crippen LogP contribution is 2.34. The quantitative estimate of drug-likeness (QED) is 0.273. The number of anilines is 1. The number of carboxylic acids is 1. The lowest BCUT2D eigenvalue weighted by atomic mass is 9.78. The van der Waals surface area contributed by atoms with Crippen molar-refractivity contribution in [3.8, 4) is 17.2 Å². The van der Waals surface area contributed by atoms with Crippen LogP contribution in [0.3, 0.4) is 0 Å². The molecule has 1 amide bonds. The summed E-state index contributed by atoms with van der Waals surface area (Å²) in [4.78, 5) is 24.7. The van der Waals surface area contributed by atoms with Gasteiger partial charge in [-0.2, -0.15) is 0 Å². The molecule has 0 saturated heterocycles. The van der Waals surface area contributed by atoms with Gasteiger partial charge in [0, 0.05) is 11.1 Å². The number of hydrogen-bond donors (Lipinski definition) is 2. The van der Waals surface area contributed by atoms with Crippen LogP contribution in [0.5, 0.6) is 17.2 Å². The highest BCUT2D eigenvalue weighted by Gasteiger charge is 2.23. The Labute approximate surface area is 216 Å². The lowest BCUT2D eigenvalue weighted by Gasteiger charge is -2.26. The van der Waals surface area contributed by atoms with Gasteiger partial charge in [-0.15, -0.1) is 0 Å². The molecule has 0 radical (unpaired) electrons. The summed E-state index contributed by atoms with van der Waals surface area (Å²) in [6, 6.07) is 27.4. The number of methoxy groups -OCH3 is 1. The van der Waals surface area contributed by atoms with Crippen LogP contribution >= 0.6 is 0 Å². The number of rotatable bonds is 8. The van der Waals surface area contributed by atoms with Crippen molar-refractivity contribution < 1.29 is 24.2 Å². The topological polar surface area (TPSA) is 84.9 Å². The molecule has 0 fully saturated rings. The van der Waals surface area contributed by atoms with Crippen molar-refractivity contribution in [3.63, 3.8) is 0 Å². The average Bonchev–Trinajstić information content (AvgIpc) is 2.89. The van der Waals surface area contributed by atoms with E-state index in [0.29, 0.717) is 17.2 Å². The van der Waals surface area contributed by atoms with Crippen LogP contribution in [0.15, 0.2) is 91.0 Å². The summed E-state index contributed by atoms with van der Waals surface area (Å²) in [7, 11) is 1.65. The molecule has 0 aliphatic rings. The van der Waals surface area contributed by atoms with Crippen LogP contribution in [0.25, 0.3) is 0 Å². The number of aromatic carboxylic acids is 1. The first-order valence-electron chi connectivity index (χ1n) is 11.9. The number of carboxylic acid groups (broad SMARTS) is 1. The Hall–Kier alpha value is -4.58. The smallest absolute Gasteiger partial charge is 0.336 e. The van der Waals surface area contributed by atoms with E-state index >= 15 is 0 Å². The van der Waals surface area contributed by atoms with Gasteiger partial charge in [-0.1, -0.05) is 50.2 Å². The van der Waals surface area contributed by atoms with E-state index in [0.717, 1.165) is 22.4 Å². The average molecular weight is 496 g/mol. The molecule has 4 aromatic rings. The van der Waals surface area contributed by atoms with Gasteiger partial charge >= 0.3 is 5.97 Å². The van der Waals surface area contributed by atoms with E-state index in [1.807, 2.05) is 61.5 Å². The minimum atomic E-state index is -1.19. The third-order valence-corrected chi connectivity index (χ3v) is 6.37. The number of carbonyl (C=O) groups is 2. The van der Waals surface area contributed by atoms with Gasteiger partial charge in [-0.3, -0.25) is 4.79 Å². The van der Waals surface area contributed by atoms with Crippen molar-refractivity contribution in [2.24, 2.45) is 0 Å². The van der Waals surface area contributed by atoms with Gasteiger partial charge in [0.15, 0.2) is 0 Å². The van der Waals surface area contributed by atoms with E-state index in [1.54, 1.807) is 19.2 Å². The molecule has 0 spiro atoms. The second-order valence-electron chi connectivity index (χ2n) is 9.32. The standard InChI is InChI=1S/C31H29NO5/c1-20-6-5-7-23(18-20)32-29(33)28-19-26(16-17-27(28)30(34)35)37-25-14-10-22(11-15-25)31(2,3)21-8-12-24(36-4)13-9-21/h5-19H,1-4H3,(H,32,33)(H,34,35). The van der Waals surface area contributed by atoms with E-state index < -0.39 is 11.9 Å². The minimum absolute atomic E-state index is 0.0174. The lowest BCUT2D eigenvalue weighted by Crippen LogP contribution is -2.18. The number of ether oxygens (including phenoxy) is 2. The molecule has 6 heteroatoms. The van der Waals surface area contributed by atoms with Crippen LogP contribution in [0.4, 0.5) is 5.69 Å². The van der Waals surface area contributed by atoms with Gasteiger partial charge in [-0.05, 0) is 78.2 Å². The SMILES string of the molecule is COc1ccc(C(C)(C)c2ccc(Oc3ccc(C(=O)O)c(C(=O)Nc4cccc(C)c4)c3)cc2)cc1. The lowest BCUT2D eigenvalue weighted by molar-refractivity contribution is 0.0692. The first kappa shape index (κ1) is 25.5. The monoisotopic (exact) mass is 495 g/mol. The largest absolute Gasteiger partial charge is 0.497 e. The Morgan fingerprint density at radius 3 is 1.92 bits per heavy atom. The fourth-order valence-corrected chi connectivity index (χ4v) is 4.13. The van der Waals surface area contributed by atoms with E-state index in [2.05, 4.69) is 31.3 Å². The molecule has 0 aliphatic carbocycles. The van der Waals surface area contributed by atoms with Gasteiger partial charge in [0.2, 0.25) is 0 Å². The van der Waals surface area contributed by atoms with Gasteiger partial charge < -0.3 is 19.9 Å². The number of benzene rings is 4. The highest BCUT2D eigenvalue weighted by atomic mass is 16.5. The zero-order valence-corrected chi connectivity index (χ0v) is 21.2. The number of amides is 1. The maximum Gasteiger partial charge on any atom is 0.336 e. The summed E-state index contributed by atoms with van der Waals surface area (Å²) in [5.74, 6) is 0.0317. The van der Waals surface area contributed by atoms with Crippen LogP contribution < -0.4 is 14.8 Å². The predicted octanol–water partition coefficient (Wildman–Crippen LogP) is 7.07.